The maximum Gasteiger partial charge on any atom is 0.200 e. The molecule has 0 bridgehead atoms. The van der Waals surface area contributed by atoms with Crippen molar-refractivity contribution in [2.75, 3.05) is 0 Å². The fourth-order valence-corrected chi connectivity index (χ4v) is 7.80. The smallest absolute Gasteiger partial charge is 0.200 e. The van der Waals surface area contributed by atoms with Crippen LogP contribution in [0.5, 0.6) is 0 Å². The zero-order valence-corrected chi connectivity index (χ0v) is 13.8. The average Bonchev–Trinajstić information content (AvgIpc) is 3.07. The van der Waals surface area contributed by atoms with E-state index in [1.165, 1.54) is 16.7 Å². The van der Waals surface area contributed by atoms with E-state index in [2.05, 4.69) is 55.5 Å². The van der Waals surface area contributed by atoms with E-state index in [9.17, 15) is 0 Å². The minimum absolute atomic E-state index is 0.00821. The fourth-order valence-electron chi connectivity index (χ4n) is 2.05. The third-order valence-electron chi connectivity index (χ3n) is 3.17. The maximum absolute atomic E-state index is 4.73. The van der Waals surface area contributed by atoms with Crippen molar-refractivity contribution in [3.8, 4) is 0 Å². The molecule has 0 saturated heterocycles. The Morgan fingerprint density at radius 1 is 0.762 bits per heavy atom. The van der Waals surface area contributed by atoms with Gasteiger partial charge >= 0.3 is 0 Å². The van der Waals surface area contributed by atoms with Gasteiger partial charge in [0, 0.05) is 11.1 Å². The molecule has 0 aliphatic carbocycles. The van der Waals surface area contributed by atoms with E-state index in [1.54, 1.807) is 0 Å². The Labute approximate surface area is 133 Å². The molecule has 4 rings (SSSR count). The van der Waals surface area contributed by atoms with Gasteiger partial charge in [-0.1, -0.05) is 60.2 Å². The number of hydrogen-bond donors (Lipinski definition) is 0. The Hall–Kier alpha value is -1.30. The zero-order valence-electron chi connectivity index (χ0n) is 11.3. The zero-order chi connectivity index (χ0) is 14.2. The molecule has 1 atom stereocenters. The number of aliphatic imine (C=N–C) groups is 2. The van der Waals surface area contributed by atoms with Gasteiger partial charge in [-0.05, 0) is 37.1 Å². The average molecular weight is 328 g/mol. The van der Waals surface area contributed by atoms with Gasteiger partial charge in [0.15, 0.2) is 0 Å². The predicted molar refractivity (Wildman–Crippen MR) is 98.5 cm³/mol. The normalized spacial score (nSPS) is 20.2. The summed E-state index contributed by atoms with van der Waals surface area (Å²) in [5.74, 6) is 0. The largest absolute Gasteiger partial charge is 0.214 e. The lowest BCUT2D eigenvalue weighted by molar-refractivity contribution is 1.46. The van der Waals surface area contributed by atoms with E-state index >= 15 is 0 Å². The topological polar surface area (TPSA) is 24.7 Å². The number of aryl methyl sites for hydroxylation is 1. The summed E-state index contributed by atoms with van der Waals surface area (Å²) in [6.45, 7) is 2.10. The molecule has 2 nitrogen and oxygen atoms in total. The monoisotopic (exact) mass is 328 g/mol. The van der Waals surface area contributed by atoms with Gasteiger partial charge in [0.25, 0.3) is 0 Å². The summed E-state index contributed by atoms with van der Waals surface area (Å²) in [5, 5.41) is 3.16. The van der Waals surface area contributed by atoms with E-state index in [-0.39, 0.29) is 8.55 Å². The first-order chi connectivity index (χ1) is 10.3. The summed E-state index contributed by atoms with van der Waals surface area (Å²) in [7, 11) is 3.66. The molecule has 0 aromatic heterocycles. The first-order valence-electron chi connectivity index (χ1n) is 6.57. The number of rotatable bonds is 2. The molecule has 5 heteroatoms. The first kappa shape index (κ1) is 13.4. The SMILES string of the molecule is Cc1ccc(C2=NC3=S(SC(c4ccccc4)=N3)S2)cc1. The summed E-state index contributed by atoms with van der Waals surface area (Å²) in [6.07, 6.45) is 0. The van der Waals surface area contributed by atoms with Crippen molar-refractivity contribution in [2.45, 2.75) is 6.92 Å². The van der Waals surface area contributed by atoms with Crippen molar-refractivity contribution in [1.29, 1.82) is 0 Å². The van der Waals surface area contributed by atoms with Crippen LogP contribution in [-0.2, 0) is 0 Å². The Morgan fingerprint density at radius 2 is 1.33 bits per heavy atom. The highest BCUT2D eigenvalue weighted by Crippen LogP contribution is 2.55. The van der Waals surface area contributed by atoms with Crippen LogP contribution in [0.1, 0.15) is 16.7 Å². The summed E-state index contributed by atoms with van der Waals surface area (Å²) in [4.78, 5) is 9.44. The van der Waals surface area contributed by atoms with Gasteiger partial charge in [-0.2, -0.15) is 0 Å². The molecule has 0 saturated carbocycles. The van der Waals surface area contributed by atoms with Gasteiger partial charge in [0.2, 0.25) is 5.11 Å². The molecule has 0 radical (unpaired) electrons. The maximum atomic E-state index is 4.73. The standard InChI is InChI=1S/C16H12N2S3/c1-11-7-9-13(10-8-11)15-18-16-17-14(19-21(16)20-15)12-5-3-2-4-6-12/h2-10H,1H3. The van der Waals surface area contributed by atoms with E-state index in [0.29, 0.717) is 0 Å². The second kappa shape index (κ2) is 5.48. The van der Waals surface area contributed by atoms with Crippen molar-refractivity contribution in [1.82, 2.24) is 0 Å². The summed E-state index contributed by atoms with van der Waals surface area (Å²) in [6, 6.07) is 18.9. The Bertz CT molecular complexity index is 790. The van der Waals surface area contributed by atoms with E-state index in [0.717, 1.165) is 15.2 Å². The third kappa shape index (κ3) is 2.61. The lowest BCUT2D eigenvalue weighted by atomic mass is 10.2. The highest BCUT2D eigenvalue weighted by Gasteiger charge is 2.27. The second-order valence-corrected chi connectivity index (χ2v) is 10.3. The van der Waals surface area contributed by atoms with Crippen LogP contribution >= 0.6 is 30.1 Å². The van der Waals surface area contributed by atoms with Crippen LogP contribution in [0.15, 0.2) is 64.6 Å². The molecule has 2 aliphatic rings. The van der Waals surface area contributed by atoms with Crippen molar-refractivity contribution >= 4 is 45.3 Å². The van der Waals surface area contributed by atoms with Crippen LogP contribution in [0.4, 0.5) is 0 Å². The first-order valence-corrected chi connectivity index (χ1v) is 10.5. The van der Waals surface area contributed by atoms with Gasteiger partial charge in [0.05, 0.1) is 0 Å². The second-order valence-electron chi connectivity index (χ2n) is 4.75. The van der Waals surface area contributed by atoms with Gasteiger partial charge in [-0.15, -0.1) is 0 Å². The van der Waals surface area contributed by atoms with Crippen LogP contribution in [0, 0.1) is 6.92 Å². The molecule has 104 valence electrons. The van der Waals surface area contributed by atoms with Crippen LogP contribution in [0.25, 0.3) is 0 Å². The Kier molecular flexibility index (Phi) is 3.49. The Morgan fingerprint density at radius 3 is 1.90 bits per heavy atom. The van der Waals surface area contributed by atoms with Crippen molar-refractivity contribution < 1.29 is 0 Å². The van der Waals surface area contributed by atoms with Crippen LogP contribution in [0.2, 0.25) is 0 Å². The van der Waals surface area contributed by atoms with E-state index in [4.69, 9.17) is 9.98 Å². The van der Waals surface area contributed by atoms with Crippen LogP contribution < -0.4 is 0 Å². The third-order valence-corrected chi connectivity index (χ3v) is 8.90. The Balaban J connectivity index is 1.60. The molecular formula is C16H12N2S3. The fraction of sp³-hybridized carbons (Fsp3) is 0.0625. The molecule has 0 amide bonds. The number of hydrogen-bond acceptors (Lipinski definition) is 4. The molecule has 1 unspecified atom stereocenters. The predicted octanol–water partition coefficient (Wildman–Crippen LogP) is 4.87. The van der Waals surface area contributed by atoms with Crippen molar-refractivity contribution in [2.24, 2.45) is 9.98 Å². The highest BCUT2D eigenvalue weighted by molar-refractivity contribution is 9.21. The lowest BCUT2D eigenvalue weighted by Crippen LogP contribution is -1.96. The van der Waals surface area contributed by atoms with Crippen molar-refractivity contribution in [3.63, 3.8) is 0 Å². The van der Waals surface area contributed by atoms with Crippen LogP contribution in [-0.4, -0.2) is 15.2 Å². The number of benzene rings is 2. The van der Waals surface area contributed by atoms with Crippen molar-refractivity contribution in [3.05, 3.63) is 71.3 Å². The molecule has 21 heavy (non-hydrogen) atoms. The molecule has 2 heterocycles. The van der Waals surface area contributed by atoms with Gasteiger partial charge in [-0.3, -0.25) is 0 Å². The summed E-state index contributed by atoms with van der Waals surface area (Å²) < 4.78 is 0. The van der Waals surface area contributed by atoms with E-state index in [1.807, 2.05) is 27.7 Å². The molecular weight excluding hydrogens is 316 g/mol. The van der Waals surface area contributed by atoms with Crippen LogP contribution in [0.3, 0.4) is 0 Å². The summed E-state index contributed by atoms with van der Waals surface area (Å²) in [5.41, 5.74) is 3.65. The molecule has 2 aliphatic heterocycles. The lowest BCUT2D eigenvalue weighted by Gasteiger charge is -2.04. The molecule has 0 spiro atoms. The highest BCUT2D eigenvalue weighted by atomic mass is 33.5. The van der Waals surface area contributed by atoms with Gasteiger partial charge < -0.3 is 0 Å². The quantitative estimate of drug-likeness (QED) is 0.580. The van der Waals surface area contributed by atoms with Gasteiger partial charge in [-0.25, -0.2) is 9.98 Å². The molecule has 2 aromatic carbocycles. The van der Waals surface area contributed by atoms with Gasteiger partial charge in [0.1, 0.15) is 10.1 Å². The molecule has 0 fully saturated rings. The molecule has 2 aromatic rings. The number of nitrogens with zero attached hydrogens (tertiary/aromatic N) is 2. The minimum atomic E-state index is 0.00821. The summed E-state index contributed by atoms with van der Waals surface area (Å²) >= 11 is 0. The molecule has 0 N–H and O–H groups in total. The van der Waals surface area contributed by atoms with E-state index < -0.39 is 0 Å². The minimum Gasteiger partial charge on any atom is -0.214 e.